The summed E-state index contributed by atoms with van der Waals surface area (Å²) in [5.74, 6) is -1.43. The Morgan fingerprint density at radius 1 is 0.833 bits per heavy atom. The van der Waals surface area contributed by atoms with Crippen molar-refractivity contribution in [2.75, 3.05) is 0 Å². The maximum absolute atomic E-state index is 12.2. The zero-order chi connectivity index (χ0) is 20.6. The Bertz CT molecular complexity index is 1080. The number of hydrogen-bond acceptors (Lipinski definition) is 4. The Labute approximate surface area is 313 Å². The third kappa shape index (κ3) is 7.16. The molecule has 0 saturated heterocycles. The van der Waals surface area contributed by atoms with Crippen LogP contribution in [-0.2, 0) is 4.79 Å². The summed E-state index contributed by atoms with van der Waals surface area (Å²) in [5, 5.41) is 23.9. The van der Waals surface area contributed by atoms with Crippen LogP contribution in [0.15, 0.2) is 61.3 Å². The van der Waals surface area contributed by atoms with E-state index in [0.717, 1.165) is 0 Å². The summed E-state index contributed by atoms with van der Waals surface area (Å²) in [6.45, 7) is 0. The van der Waals surface area contributed by atoms with Gasteiger partial charge in [0.1, 0.15) is 0 Å². The molecule has 2 aromatic rings. The maximum atomic E-state index is 12.2. The smallest absolute Gasteiger partial charge is 0.871 e. The SMILES string of the molecule is O=C1C(I)=CC(=C(c2cc(I)c([O-])c(I)c2)c2ccccc2C(=O)[O-])C=C1I.[K+].[K+]. The predicted molar refractivity (Wildman–Crippen MR) is 137 cm³/mol. The molecule has 0 N–H and O–H groups in total. The number of benzene rings is 2. The van der Waals surface area contributed by atoms with Crippen molar-refractivity contribution in [2.24, 2.45) is 0 Å². The molecule has 0 amide bonds. The summed E-state index contributed by atoms with van der Waals surface area (Å²) < 4.78 is 2.14. The molecule has 0 heterocycles. The van der Waals surface area contributed by atoms with E-state index in [1.54, 1.807) is 42.5 Å². The molecule has 30 heavy (non-hydrogen) atoms. The van der Waals surface area contributed by atoms with E-state index in [4.69, 9.17) is 0 Å². The van der Waals surface area contributed by atoms with E-state index in [1.165, 1.54) is 6.07 Å². The van der Waals surface area contributed by atoms with E-state index >= 15 is 0 Å². The van der Waals surface area contributed by atoms with Gasteiger partial charge in [0.05, 0.1) is 13.1 Å². The van der Waals surface area contributed by atoms with Crippen LogP contribution in [0.1, 0.15) is 21.5 Å². The Balaban J connectivity index is 0.00000225. The van der Waals surface area contributed by atoms with Crippen molar-refractivity contribution in [3.05, 3.63) is 85.1 Å². The topological polar surface area (TPSA) is 80.3 Å². The van der Waals surface area contributed by atoms with E-state index in [-0.39, 0.29) is 120 Å². The van der Waals surface area contributed by atoms with Gasteiger partial charge < -0.3 is 15.0 Å². The molecule has 0 saturated carbocycles. The van der Waals surface area contributed by atoms with Crippen LogP contribution in [0.3, 0.4) is 0 Å². The van der Waals surface area contributed by atoms with Gasteiger partial charge in [0.2, 0.25) is 5.78 Å². The Kier molecular flexibility index (Phi) is 14.1. The van der Waals surface area contributed by atoms with E-state index in [2.05, 4.69) is 0 Å². The van der Waals surface area contributed by atoms with Crippen molar-refractivity contribution in [1.29, 1.82) is 0 Å². The first-order valence-electron chi connectivity index (χ1n) is 7.71. The number of carbonyl (C=O) groups is 2. The normalized spacial score (nSPS) is 12.9. The molecule has 10 heteroatoms. The number of ketones is 1. The molecule has 1 aliphatic carbocycles. The van der Waals surface area contributed by atoms with Crippen molar-refractivity contribution >= 4 is 108 Å². The fourth-order valence-corrected chi connectivity index (χ4v) is 6.30. The van der Waals surface area contributed by atoms with E-state index < -0.39 is 5.97 Å². The molecule has 0 aromatic heterocycles. The van der Waals surface area contributed by atoms with Crippen molar-refractivity contribution in [3.8, 4) is 5.75 Å². The number of carbonyl (C=O) groups excluding carboxylic acids is 2. The van der Waals surface area contributed by atoms with Gasteiger partial charge in [-0.15, -0.1) is 0 Å². The number of Topliss-reactive ketones (excluding diaryl/α,β-unsaturated/α-hetero) is 1. The van der Waals surface area contributed by atoms with Gasteiger partial charge in [-0.2, -0.15) is 0 Å². The summed E-state index contributed by atoms with van der Waals surface area (Å²) in [4.78, 5) is 23.9. The molecular formula is C20H8I4K2O4. The number of allylic oxidation sites excluding steroid dienone is 5. The van der Waals surface area contributed by atoms with Crippen molar-refractivity contribution < 1.29 is 123 Å². The molecule has 0 bridgehead atoms. The Morgan fingerprint density at radius 3 is 1.77 bits per heavy atom. The first-order chi connectivity index (χ1) is 13.2. The Hall–Kier alpha value is 2.79. The van der Waals surface area contributed by atoms with Gasteiger partial charge in [0, 0.05) is 12.7 Å². The quantitative estimate of drug-likeness (QED) is 0.274. The molecule has 2 aromatic carbocycles. The third-order valence-electron chi connectivity index (χ3n) is 3.99. The summed E-state index contributed by atoms with van der Waals surface area (Å²) in [5.41, 5.74) is 2.55. The fourth-order valence-electron chi connectivity index (χ4n) is 2.77. The second-order valence-corrected chi connectivity index (χ2v) is 10.4. The van der Waals surface area contributed by atoms with Crippen LogP contribution in [0.25, 0.3) is 5.57 Å². The van der Waals surface area contributed by atoms with Crippen LogP contribution in [0.4, 0.5) is 0 Å². The van der Waals surface area contributed by atoms with Gasteiger partial charge in [-0.25, -0.2) is 0 Å². The molecule has 3 rings (SSSR count). The average Bonchev–Trinajstić information content (AvgIpc) is 2.64. The minimum Gasteiger partial charge on any atom is -0.871 e. The zero-order valence-electron chi connectivity index (χ0n) is 15.8. The van der Waals surface area contributed by atoms with Crippen LogP contribution in [0.5, 0.6) is 5.75 Å². The molecule has 0 fully saturated rings. The number of rotatable bonds is 3. The van der Waals surface area contributed by atoms with E-state index in [0.29, 0.717) is 36.6 Å². The first-order valence-corrected chi connectivity index (χ1v) is 12.0. The third-order valence-corrected chi connectivity index (χ3v) is 7.20. The van der Waals surface area contributed by atoms with Crippen LogP contribution in [0.2, 0.25) is 0 Å². The molecule has 0 spiro atoms. The molecule has 0 atom stereocenters. The molecule has 0 aliphatic heterocycles. The number of carboxylic acids is 1. The number of hydrogen-bond donors (Lipinski definition) is 0. The van der Waals surface area contributed by atoms with Gasteiger partial charge in [0.15, 0.2) is 0 Å². The van der Waals surface area contributed by atoms with Crippen molar-refractivity contribution in [3.63, 3.8) is 0 Å². The van der Waals surface area contributed by atoms with E-state index in [9.17, 15) is 19.8 Å². The molecule has 0 unspecified atom stereocenters. The molecule has 0 radical (unpaired) electrons. The van der Waals surface area contributed by atoms with E-state index in [1.807, 2.05) is 90.4 Å². The van der Waals surface area contributed by atoms with Gasteiger partial charge in [0.25, 0.3) is 0 Å². The average molecular weight is 898 g/mol. The summed E-state index contributed by atoms with van der Waals surface area (Å²) in [6, 6.07) is 10.0. The number of carboxylic acid groups (broad SMARTS) is 1. The summed E-state index contributed by atoms with van der Waals surface area (Å²) in [6.07, 6.45) is 3.47. The van der Waals surface area contributed by atoms with Crippen LogP contribution in [0, 0.1) is 7.14 Å². The summed E-state index contributed by atoms with van der Waals surface area (Å²) in [7, 11) is 0. The molecular weight excluding hydrogens is 890 g/mol. The fraction of sp³-hybridized carbons (Fsp3) is 0. The van der Waals surface area contributed by atoms with Crippen LogP contribution < -0.4 is 113 Å². The van der Waals surface area contributed by atoms with Crippen LogP contribution >= 0.6 is 90.4 Å². The molecule has 4 nitrogen and oxygen atoms in total. The number of halogens is 4. The largest absolute Gasteiger partial charge is 1.00 e. The first kappa shape index (κ1) is 30.8. The van der Waals surface area contributed by atoms with Gasteiger partial charge in [-0.1, -0.05) is 30.0 Å². The van der Waals surface area contributed by atoms with Gasteiger partial charge >= 0.3 is 103 Å². The zero-order valence-corrected chi connectivity index (χ0v) is 30.6. The predicted octanol–water partition coefficient (Wildman–Crippen LogP) is -1.64. The van der Waals surface area contributed by atoms with Crippen molar-refractivity contribution in [2.45, 2.75) is 0 Å². The molecule has 1 aliphatic rings. The number of aromatic carboxylic acids is 1. The molecule has 142 valence electrons. The Morgan fingerprint density at radius 2 is 1.30 bits per heavy atom. The minimum atomic E-state index is -1.29. The monoisotopic (exact) mass is 898 g/mol. The van der Waals surface area contributed by atoms with Crippen LogP contribution in [-0.4, -0.2) is 11.8 Å². The second-order valence-electron chi connectivity index (χ2n) is 5.75. The standard InChI is InChI=1S/C20H10I4O4.2K/c21-13-5-9(6-14(22)18(13)25)17(10-7-15(23)19(26)16(24)8-10)11-3-1-2-4-12(11)20(27)28;;/h1-8,25H,(H,27,28);;/q;2*+1/p-2. The van der Waals surface area contributed by atoms with Gasteiger partial charge in [-0.05, 0) is 137 Å². The maximum Gasteiger partial charge on any atom is 1.00 e. The summed E-state index contributed by atoms with van der Waals surface area (Å²) >= 11 is 7.90. The van der Waals surface area contributed by atoms with Crippen molar-refractivity contribution in [1.82, 2.24) is 0 Å². The second kappa shape index (κ2) is 13.8. The minimum absolute atomic E-state index is 0. The van der Waals surface area contributed by atoms with Gasteiger partial charge in [-0.3, -0.25) is 4.79 Å².